The molecule has 0 saturated carbocycles. The average molecular weight is 537 g/mol. The van der Waals surface area contributed by atoms with Crippen LogP contribution in [0.25, 0.3) is 5.76 Å². The van der Waals surface area contributed by atoms with E-state index >= 15 is 0 Å². The van der Waals surface area contributed by atoms with Gasteiger partial charge in [0.15, 0.2) is 5.75 Å². The van der Waals surface area contributed by atoms with Crippen LogP contribution in [0, 0.1) is 6.92 Å². The maximum Gasteiger partial charge on any atom is 0.300 e. The summed E-state index contributed by atoms with van der Waals surface area (Å²) in [6, 6.07) is 13.7. The highest BCUT2D eigenvalue weighted by molar-refractivity contribution is 6.52. The molecule has 0 bridgehead atoms. The number of carbonyl (C=O) groups is 2. The minimum absolute atomic E-state index is 0.135. The van der Waals surface area contributed by atoms with Crippen LogP contribution in [0.4, 0.5) is 5.69 Å². The Labute approximate surface area is 216 Å². The van der Waals surface area contributed by atoms with Gasteiger partial charge in [0, 0.05) is 11.3 Å². The second kappa shape index (κ2) is 9.51. The lowest BCUT2D eigenvalue weighted by atomic mass is 9.95. The lowest BCUT2D eigenvalue weighted by molar-refractivity contribution is -0.132. The van der Waals surface area contributed by atoms with Crippen LogP contribution in [0.15, 0.2) is 60.2 Å². The summed E-state index contributed by atoms with van der Waals surface area (Å²) < 4.78 is 5.16. The Kier molecular flexibility index (Phi) is 6.83. The summed E-state index contributed by atoms with van der Waals surface area (Å²) in [5, 5.41) is 12.1. The van der Waals surface area contributed by atoms with Crippen molar-refractivity contribution in [1.29, 1.82) is 0 Å². The molecule has 5 nitrogen and oxygen atoms in total. The van der Waals surface area contributed by atoms with E-state index in [1.807, 2.05) is 19.1 Å². The molecular formula is C25H17Cl4NO4. The lowest BCUT2D eigenvalue weighted by Crippen LogP contribution is -2.29. The van der Waals surface area contributed by atoms with Gasteiger partial charge in [0.1, 0.15) is 5.76 Å². The number of ketones is 1. The van der Waals surface area contributed by atoms with E-state index in [4.69, 9.17) is 51.1 Å². The van der Waals surface area contributed by atoms with E-state index in [9.17, 15) is 14.7 Å². The summed E-state index contributed by atoms with van der Waals surface area (Å²) in [4.78, 5) is 27.8. The van der Waals surface area contributed by atoms with Crippen molar-refractivity contribution in [3.8, 4) is 5.75 Å². The molecule has 0 aromatic heterocycles. The van der Waals surface area contributed by atoms with Crippen molar-refractivity contribution >= 4 is 69.5 Å². The average Bonchev–Trinajstić information content (AvgIpc) is 3.06. The van der Waals surface area contributed by atoms with Crippen LogP contribution in [0.5, 0.6) is 5.75 Å². The molecule has 3 aromatic carbocycles. The highest BCUT2D eigenvalue weighted by Crippen LogP contribution is 2.44. The molecule has 1 unspecified atom stereocenters. The number of ether oxygens (including phenoxy) is 1. The van der Waals surface area contributed by atoms with Crippen molar-refractivity contribution in [2.45, 2.75) is 13.0 Å². The third-order valence-electron chi connectivity index (χ3n) is 5.49. The second-order valence-electron chi connectivity index (χ2n) is 7.65. The molecule has 1 amide bonds. The van der Waals surface area contributed by atoms with E-state index in [1.54, 1.807) is 30.3 Å². The minimum atomic E-state index is -0.975. The number of hydrogen-bond donors (Lipinski definition) is 1. The van der Waals surface area contributed by atoms with Gasteiger partial charge in [-0.2, -0.15) is 0 Å². The standard InChI is InChI=1S/C25H17Cl4NO4/c1-12-3-6-15(7-4-12)30-21(13-5-8-16(26)17(27)9-13)20(23(32)25(30)33)22(31)14-10-18(28)24(34-2)19(29)11-14/h3-11,21,31H,1-2H3/b22-20+. The number of Topliss-reactive ketones (excluding diaryl/α,β-unsaturated/α-hetero) is 1. The summed E-state index contributed by atoms with van der Waals surface area (Å²) in [6.45, 7) is 1.91. The number of carbonyl (C=O) groups excluding carboxylic acids is 2. The Morgan fingerprint density at radius 1 is 0.882 bits per heavy atom. The van der Waals surface area contributed by atoms with Gasteiger partial charge in [-0.15, -0.1) is 0 Å². The number of aliphatic hydroxyl groups is 1. The molecule has 1 aliphatic heterocycles. The zero-order valence-electron chi connectivity index (χ0n) is 17.9. The third-order valence-corrected chi connectivity index (χ3v) is 6.79. The van der Waals surface area contributed by atoms with Gasteiger partial charge >= 0.3 is 0 Å². The van der Waals surface area contributed by atoms with Crippen LogP contribution < -0.4 is 9.64 Å². The second-order valence-corrected chi connectivity index (χ2v) is 9.28. The lowest BCUT2D eigenvalue weighted by Gasteiger charge is -2.26. The van der Waals surface area contributed by atoms with Gasteiger partial charge in [0.25, 0.3) is 11.7 Å². The summed E-state index contributed by atoms with van der Waals surface area (Å²) in [5.74, 6) is -1.87. The predicted octanol–water partition coefficient (Wildman–Crippen LogP) is 7.24. The predicted molar refractivity (Wildman–Crippen MR) is 135 cm³/mol. The number of halogens is 4. The Morgan fingerprint density at radius 2 is 1.50 bits per heavy atom. The Morgan fingerprint density at radius 3 is 2.06 bits per heavy atom. The number of amides is 1. The first kappa shape index (κ1) is 24.4. The highest BCUT2D eigenvalue weighted by atomic mass is 35.5. The first-order valence-corrected chi connectivity index (χ1v) is 11.5. The molecule has 0 aliphatic carbocycles. The number of hydrogen-bond acceptors (Lipinski definition) is 4. The first-order chi connectivity index (χ1) is 16.1. The minimum Gasteiger partial charge on any atom is -0.507 e. The summed E-state index contributed by atoms with van der Waals surface area (Å²) in [5.41, 5.74) is 1.97. The van der Waals surface area contributed by atoms with Crippen LogP contribution in [-0.4, -0.2) is 23.9 Å². The van der Waals surface area contributed by atoms with Gasteiger partial charge in [0.05, 0.1) is 38.8 Å². The number of aliphatic hydroxyl groups excluding tert-OH is 1. The van der Waals surface area contributed by atoms with Gasteiger partial charge in [-0.25, -0.2) is 0 Å². The molecular weight excluding hydrogens is 520 g/mol. The number of aryl methyl sites for hydroxylation is 1. The van der Waals surface area contributed by atoms with Gasteiger partial charge < -0.3 is 9.84 Å². The van der Waals surface area contributed by atoms with Crippen molar-refractivity contribution in [3.63, 3.8) is 0 Å². The van der Waals surface area contributed by atoms with Gasteiger partial charge in [0.2, 0.25) is 0 Å². The topological polar surface area (TPSA) is 66.8 Å². The van der Waals surface area contributed by atoms with Crippen molar-refractivity contribution in [2.75, 3.05) is 12.0 Å². The van der Waals surface area contributed by atoms with E-state index in [-0.39, 0.29) is 32.0 Å². The zero-order chi connectivity index (χ0) is 24.7. The molecule has 1 heterocycles. The van der Waals surface area contributed by atoms with E-state index in [0.717, 1.165) is 5.56 Å². The fourth-order valence-corrected chi connectivity index (χ4v) is 4.80. The van der Waals surface area contributed by atoms with Crippen molar-refractivity contribution in [3.05, 3.63) is 97.0 Å². The van der Waals surface area contributed by atoms with Gasteiger partial charge in [-0.1, -0.05) is 70.2 Å². The Balaban J connectivity index is 1.97. The van der Waals surface area contributed by atoms with Gasteiger partial charge in [-0.3, -0.25) is 14.5 Å². The highest BCUT2D eigenvalue weighted by Gasteiger charge is 2.47. The van der Waals surface area contributed by atoms with E-state index < -0.39 is 23.5 Å². The fourth-order valence-electron chi connectivity index (χ4n) is 3.85. The molecule has 4 rings (SSSR count). The maximum absolute atomic E-state index is 13.2. The third kappa shape index (κ3) is 4.25. The van der Waals surface area contributed by atoms with Crippen LogP contribution in [0.1, 0.15) is 22.7 Å². The normalized spacial score (nSPS) is 17.4. The quantitative estimate of drug-likeness (QED) is 0.217. The van der Waals surface area contributed by atoms with Crippen LogP contribution in [-0.2, 0) is 9.59 Å². The van der Waals surface area contributed by atoms with Crippen molar-refractivity contribution in [1.82, 2.24) is 0 Å². The smallest absolute Gasteiger partial charge is 0.300 e. The number of methoxy groups -OCH3 is 1. The van der Waals surface area contributed by atoms with Gasteiger partial charge in [-0.05, 0) is 48.9 Å². The molecule has 0 radical (unpaired) electrons. The molecule has 3 aromatic rings. The van der Waals surface area contributed by atoms with Crippen molar-refractivity contribution < 1.29 is 19.4 Å². The number of rotatable bonds is 4. The first-order valence-electron chi connectivity index (χ1n) is 10.00. The molecule has 1 atom stereocenters. The Bertz CT molecular complexity index is 1330. The molecule has 1 saturated heterocycles. The van der Waals surface area contributed by atoms with Crippen LogP contribution in [0.2, 0.25) is 20.1 Å². The largest absolute Gasteiger partial charge is 0.507 e. The van der Waals surface area contributed by atoms with E-state index in [2.05, 4.69) is 0 Å². The molecule has 9 heteroatoms. The maximum atomic E-state index is 13.2. The van der Waals surface area contributed by atoms with Crippen LogP contribution >= 0.6 is 46.4 Å². The monoisotopic (exact) mass is 535 g/mol. The van der Waals surface area contributed by atoms with Crippen molar-refractivity contribution in [2.24, 2.45) is 0 Å². The molecule has 34 heavy (non-hydrogen) atoms. The van der Waals surface area contributed by atoms with E-state index in [0.29, 0.717) is 16.3 Å². The molecule has 0 spiro atoms. The molecule has 174 valence electrons. The molecule has 1 aliphatic rings. The molecule has 1 fully saturated rings. The molecule has 1 N–H and O–H groups in total. The summed E-state index contributed by atoms with van der Waals surface area (Å²) in [7, 11) is 1.41. The summed E-state index contributed by atoms with van der Waals surface area (Å²) in [6.07, 6.45) is 0. The number of benzene rings is 3. The number of anilines is 1. The SMILES string of the molecule is COc1c(Cl)cc(/C(O)=C2\C(=O)C(=O)N(c3ccc(C)cc3)C2c2ccc(Cl)c(Cl)c2)cc1Cl. The van der Waals surface area contributed by atoms with E-state index in [1.165, 1.54) is 24.1 Å². The summed E-state index contributed by atoms with van der Waals surface area (Å²) >= 11 is 24.8. The Hall–Kier alpha value is -2.70. The fraction of sp³-hybridized carbons (Fsp3) is 0.120. The zero-order valence-corrected chi connectivity index (χ0v) is 20.9. The van der Waals surface area contributed by atoms with Crippen LogP contribution in [0.3, 0.4) is 0 Å². The number of nitrogens with zero attached hydrogens (tertiary/aromatic N) is 1.